The second kappa shape index (κ2) is 7.89. The first-order valence-corrected chi connectivity index (χ1v) is 7.34. The van der Waals surface area contributed by atoms with E-state index in [0.29, 0.717) is 4.83 Å². The van der Waals surface area contributed by atoms with Crippen LogP contribution in [0.3, 0.4) is 0 Å². The Morgan fingerprint density at radius 1 is 1.12 bits per heavy atom. The maximum Gasteiger partial charge on any atom is 0.0186 e. The molecule has 0 fully saturated rings. The summed E-state index contributed by atoms with van der Waals surface area (Å²) >= 11 is 3.80. The smallest absolute Gasteiger partial charge is 0.0186 e. The van der Waals surface area contributed by atoms with Gasteiger partial charge in [0.1, 0.15) is 0 Å². The van der Waals surface area contributed by atoms with E-state index in [1.165, 1.54) is 49.7 Å². The molecule has 0 bridgehead atoms. The molecule has 1 aromatic carbocycles. The largest absolute Gasteiger partial charge is 0.0887 e. The van der Waals surface area contributed by atoms with E-state index in [0.717, 1.165) is 0 Å². The van der Waals surface area contributed by atoms with Gasteiger partial charge in [0.25, 0.3) is 0 Å². The van der Waals surface area contributed by atoms with E-state index in [-0.39, 0.29) is 0 Å². The van der Waals surface area contributed by atoms with E-state index in [1.54, 1.807) is 0 Å². The summed E-state index contributed by atoms with van der Waals surface area (Å²) in [7, 11) is 0. The summed E-state index contributed by atoms with van der Waals surface area (Å²) in [5.41, 5.74) is 2.90. The summed E-state index contributed by atoms with van der Waals surface area (Å²) in [4.78, 5) is 0.644. The van der Waals surface area contributed by atoms with Crippen LogP contribution in [0, 0.1) is 6.92 Å². The summed E-state index contributed by atoms with van der Waals surface area (Å²) in [6, 6.07) is 8.70. The minimum atomic E-state index is 0.644. The van der Waals surface area contributed by atoms with E-state index in [4.69, 9.17) is 0 Å². The Hall–Kier alpha value is -0.300. The summed E-state index contributed by atoms with van der Waals surface area (Å²) in [5, 5.41) is 0. The van der Waals surface area contributed by atoms with E-state index in [1.807, 2.05) is 0 Å². The van der Waals surface area contributed by atoms with Crippen molar-refractivity contribution < 1.29 is 0 Å². The van der Waals surface area contributed by atoms with Crippen molar-refractivity contribution >= 4 is 15.9 Å². The second-order valence-corrected chi connectivity index (χ2v) is 5.87. The van der Waals surface area contributed by atoms with Crippen molar-refractivity contribution in [2.45, 2.75) is 57.2 Å². The summed E-state index contributed by atoms with van der Waals surface area (Å²) in [5.74, 6) is 0. The van der Waals surface area contributed by atoms with Gasteiger partial charge >= 0.3 is 0 Å². The van der Waals surface area contributed by atoms with Gasteiger partial charge in [-0.05, 0) is 30.9 Å². The molecule has 0 radical (unpaired) electrons. The van der Waals surface area contributed by atoms with Crippen molar-refractivity contribution in [3.63, 3.8) is 0 Å². The van der Waals surface area contributed by atoms with Gasteiger partial charge in [-0.3, -0.25) is 0 Å². The zero-order chi connectivity index (χ0) is 11.8. The molecule has 0 spiro atoms. The molecule has 0 saturated heterocycles. The molecule has 1 heteroatoms. The molecule has 1 unspecified atom stereocenters. The van der Waals surface area contributed by atoms with Gasteiger partial charge < -0.3 is 0 Å². The van der Waals surface area contributed by atoms with Gasteiger partial charge in [-0.15, -0.1) is 0 Å². The molecule has 0 heterocycles. The molecule has 0 saturated carbocycles. The standard InChI is InChI=1S/C15H23Br/c1-3-4-5-6-11-15(16)12-14-10-8-7-9-13(14)2/h7-10,15H,3-6,11-12H2,1-2H3. The van der Waals surface area contributed by atoms with Crippen molar-refractivity contribution in [1.29, 1.82) is 0 Å². The number of alkyl halides is 1. The van der Waals surface area contributed by atoms with Crippen LogP contribution in [0.25, 0.3) is 0 Å². The molecule has 0 aliphatic carbocycles. The molecule has 0 amide bonds. The molecule has 0 aliphatic heterocycles. The minimum Gasteiger partial charge on any atom is -0.0887 e. The van der Waals surface area contributed by atoms with Crippen LogP contribution >= 0.6 is 15.9 Å². The van der Waals surface area contributed by atoms with Crippen molar-refractivity contribution in [2.24, 2.45) is 0 Å². The SMILES string of the molecule is CCCCCCC(Br)Cc1ccccc1C. The van der Waals surface area contributed by atoms with Crippen LogP contribution in [0.15, 0.2) is 24.3 Å². The van der Waals surface area contributed by atoms with Crippen LogP contribution in [-0.2, 0) is 6.42 Å². The van der Waals surface area contributed by atoms with Gasteiger partial charge in [0.2, 0.25) is 0 Å². The number of benzene rings is 1. The number of halogens is 1. The van der Waals surface area contributed by atoms with Crippen molar-refractivity contribution in [3.8, 4) is 0 Å². The minimum absolute atomic E-state index is 0.644. The normalized spacial score (nSPS) is 12.7. The number of hydrogen-bond donors (Lipinski definition) is 0. The molecule has 0 aliphatic rings. The third kappa shape index (κ3) is 5.16. The lowest BCUT2D eigenvalue weighted by Gasteiger charge is -2.11. The molecule has 16 heavy (non-hydrogen) atoms. The average molecular weight is 283 g/mol. The molecule has 0 N–H and O–H groups in total. The average Bonchev–Trinajstić information content (AvgIpc) is 2.28. The van der Waals surface area contributed by atoms with Gasteiger partial charge in [0.05, 0.1) is 0 Å². The van der Waals surface area contributed by atoms with E-state index in [9.17, 15) is 0 Å². The van der Waals surface area contributed by atoms with Gasteiger partial charge in [-0.2, -0.15) is 0 Å². The Kier molecular flexibility index (Phi) is 6.79. The Labute approximate surface area is 109 Å². The number of hydrogen-bond acceptors (Lipinski definition) is 0. The van der Waals surface area contributed by atoms with Gasteiger partial charge in [-0.25, -0.2) is 0 Å². The van der Waals surface area contributed by atoms with Crippen molar-refractivity contribution in [2.75, 3.05) is 0 Å². The van der Waals surface area contributed by atoms with E-state index < -0.39 is 0 Å². The fourth-order valence-corrected chi connectivity index (χ4v) is 2.64. The molecule has 0 aromatic heterocycles. The molecular formula is C15H23Br. The predicted octanol–water partition coefficient (Wildman–Crippen LogP) is 5.27. The second-order valence-electron chi connectivity index (χ2n) is 4.58. The summed E-state index contributed by atoms with van der Waals surface area (Å²) < 4.78 is 0. The lowest BCUT2D eigenvalue weighted by Crippen LogP contribution is -2.04. The van der Waals surface area contributed by atoms with E-state index >= 15 is 0 Å². The molecular weight excluding hydrogens is 260 g/mol. The zero-order valence-electron chi connectivity index (χ0n) is 10.5. The van der Waals surface area contributed by atoms with Crippen LogP contribution < -0.4 is 0 Å². The highest BCUT2D eigenvalue weighted by Crippen LogP contribution is 2.19. The number of aryl methyl sites for hydroxylation is 1. The van der Waals surface area contributed by atoms with Gasteiger partial charge in [-0.1, -0.05) is 72.8 Å². The molecule has 0 nitrogen and oxygen atoms in total. The highest BCUT2D eigenvalue weighted by Gasteiger charge is 2.06. The highest BCUT2D eigenvalue weighted by atomic mass is 79.9. The first-order valence-electron chi connectivity index (χ1n) is 6.42. The Balaban J connectivity index is 2.28. The summed E-state index contributed by atoms with van der Waals surface area (Å²) in [6.07, 6.45) is 7.91. The van der Waals surface area contributed by atoms with Crippen LogP contribution in [0.4, 0.5) is 0 Å². The van der Waals surface area contributed by atoms with Crippen LogP contribution in [0.1, 0.15) is 50.2 Å². The number of rotatable bonds is 7. The highest BCUT2D eigenvalue weighted by molar-refractivity contribution is 9.09. The predicted molar refractivity (Wildman–Crippen MR) is 76.4 cm³/mol. The monoisotopic (exact) mass is 282 g/mol. The maximum atomic E-state index is 3.80. The maximum absolute atomic E-state index is 3.80. The molecule has 90 valence electrons. The topological polar surface area (TPSA) is 0 Å². The van der Waals surface area contributed by atoms with Gasteiger partial charge in [0.15, 0.2) is 0 Å². The van der Waals surface area contributed by atoms with Crippen LogP contribution in [0.2, 0.25) is 0 Å². The van der Waals surface area contributed by atoms with E-state index in [2.05, 4.69) is 54.0 Å². The third-order valence-corrected chi connectivity index (χ3v) is 3.86. The zero-order valence-corrected chi connectivity index (χ0v) is 12.1. The first-order chi connectivity index (χ1) is 7.74. The first kappa shape index (κ1) is 13.8. The molecule has 1 aromatic rings. The fourth-order valence-electron chi connectivity index (χ4n) is 1.97. The Morgan fingerprint density at radius 2 is 1.88 bits per heavy atom. The third-order valence-electron chi connectivity index (χ3n) is 3.07. The number of unbranched alkanes of at least 4 members (excludes halogenated alkanes) is 3. The van der Waals surface area contributed by atoms with Crippen molar-refractivity contribution in [3.05, 3.63) is 35.4 Å². The lowest BCUT2D eigenvalue weighted by molar-refractivity contribution is 0.619. The molecule has 1 atom stereocenters. The lowest BCUT2D eigenvalue weighted by atomic mass is 10.0. The van der Waals surface area contributed by atoms with Gasteiger partial charge in [0, 0.05) is 4.83 Å². The Bertz CT molecular complexity index is 293. The summed E-state index contributed by atoms with van der Waals surface area (Å²) in [6.45, 7) is 4.46. The fraction of sp³-hybridized carbons (Fsp3) is 0.600. The van der Waals surface area contributed by atoms with Crippen LogP contribution in [0.5, 0.6) is 0 Å². The Morgan fingerprint density at radius 3 is 2.56 bits per heavy atom. The quantitative estimate of drug-likeness (QED) is 0.472. The van der Waals surface area contributed by atoms with Crippen LogP contribution in [-0.4, -0.2) is 4.83 Å². The molecule has 1 rings (SSSR count). The van der Waals surface area contributed by atoms with Crippen molar-refractivity contribution in [1.82, 2.24) is 0 Å².